The molecular weight excluding hydrogens is 278 g/mol. The van der Waals surface area contributed by atoms with E-state index in [0.717, 1.165) is 5.39 Å². The van der Waals surface area contributed by atoms with E-state index in [2.05, 4.69) is 4.98 Å². The van der Waals surface area contributed by atoms with E-state index in [1.54, 1.807) is 44.7 Å². The number of pyridine rings is 1. The molecule has 3 aromatic rings. The molecule has 3 rings (SSSR count). The van der Waals surface area contributed by atoms with Crippen LogP contribution in [0.3, 0.4) is 0 Å². The number of ether oxygens (including phenoxy) is 2. The van der Waals surface area contributed by atoms with Crippen LogP contribution in [0.25, 0.3) is 10.9 Å². The number of hydrogen-bond acceptors (Lipinski definition) is 4. The van der Waals surface area contributed by atoms with Gasteiger partial charge in [0, 0.05) is 22.7 Å². The first-order valence-corrected chi connectivity index (χ1v) is 6.85. The lowest BCUT2D eigenvalue weighted by Gasteiger charge is -2.10. The largest absolute Gasteiger partial charge is 0.493 e. The normalized spacial score (nSPS) is 10.5. The van der Waals surface area contributed by atoms with Crippen molar-refractivity contribution in [3.63, 3.8) is 0 Å². The number of carbonyl (C=O) groups is 1. The Hall–Kier alpha value is -2.88. The van der Waals surface area contributed by atoms with Gasteiger partial charge in [0.25, 0.3) is 0 Å². The monoisotopic (exact) mass is 293 g/mol. The highest BCUT2D eigenvalue weighted by Gasteiger charge is 2.15. The molecule has 0 aliphatic heterocycles. The van der Waals surface area contributed by atoms with Crippen LogP contribution in [0.2, 0.25) is 0 Å². The standard InChI is InChI=1S/C18H15NO3/c1-21-15-9-8-13(11-16(15)22-2)18(20)14-7-3-5-12-6-4-10-19-17(12)14/h3-11H,1-2H3. The first-order chi connectivity index (χ1) is 10.7. The fourth-order valence-electron chi connectivity index (χ4n) is 2.42. The van der Waals surface area contributed by atoms with Gasteiger partial charge >= 0.3 is 0 Å². The number of fused-ring (bicyclic) bond motifs is 1. The molecular formula is C18H15NO3. The van der Waals surface area contributed by atoms with E-state index < -0.39 is 0 Å². The number of carbonyl (C=O) groups excluding carboxylic acids is 1. The second-order valence-electron chi connectivity index (χ2n) is 4.78. The zero-order chi connectivity index (χ0) is 15.5. The van der Waals surface area contributed by atoms with Crippen LogP contribution in [0.5, 0.6) is 11.5 Å². The highest BCUT2D eigenvalue weighted by Crippen LogP contribution is 2.29. The van der Waals surface area contributed by atoms with Gasteiger partial charge in [-0.3, -0.25) is 9.78 Å². The summed E-state index contributed by atoms with van der Waals surface area (Å²) in [6.45, 7) is 0. The molecule has 0 radical (unpaired) electrons. The lowest BCUT2D eigenvalue weighted by atomic mass is 10.00. The van der Waals surface area contributed by atoms with Crippen LogP contribution in [0.1, 0.15) is 15.9 Å². The first kappa shape index (κ1) is 14.1. The Labute approximate surface area is 128 Å². The van der Waals surface area contributed by atoms with Crippen molar-refractivity contribution in [2.24, 2.45) is 0 Å². The maximum atomic E-state index is 12.8. The number of para-hydroxylation sites is 1. The van der Waals surface area contributed by atoms with Crippen LogP contribution >= 0.6 is 0 Å². The number of nitrogens with zero attached hydrogens (tertiary/aromatic N) is 1. The number of rotatable bonds is 4. The average molecular weight is 293 g/mol. The molecule has 0 bridgehead atoms. The quantitative estimate of drug-likeness (QED) is 0.691. The van der Waals surface area contributed by atoms with Gasteiger partial charge in [0.05, 0.1) is 19.7 Å². The van der Waals surface area contributed by atoms with Gasteiger partial charge in [-0.2, -0.15) is 0 Å². The van der Waals surface area contributed by atoms with E-state index >= 15 is 0 Å². The van der Waals surface area contributed by atoms with E-state index in [0.29, 0.717) is 28.1 Å². The minimum atomic E-state index is -0.0924. The molecule has 22 heavy (non-hydrogen) atoms. The van der Waals surface area contributed by atoms with E-state index in [4.69, 9.17) is 9.47 Å². The number of ketones is 1. The molecule has 0 unspecified atom stereocenters. The maximum Gasteiger partial charge on any atom is 0.195 e. The maximum absolute atomic E-state index is 12.8. The third-order valence-electron chi connectivity index (χ3n) is 3.52. The van der Waals surface area contributed by atoms with Gasteiger partial charge in [0.2, 0.25) is 0 Å². The minimum Gasteiger partial charge on any atom is -0.493 e. The van der Waals surface area contributed by atoms with Crippen molar-refractivity contribution in [1.82, 2.24) is 4.98 Å². The molecule has 0 amide bonds. The minimum absolute atomic E-state index is 0.0924. The molecule has 0 fully saturated rings. The lowest BCUT2D eigenvalue weighted by Crippen LogP contribution is -2.04. The van der Waals surface area contributed by atoms with E-state index in [-0.39, 0.29) is 5.78 Å². The van der Waals surface area contributed by atoms with Crippen molar-refractivity contribution in [3.05, 3.63) is 65.9 Å². The summed E-state index contributed by atoms with van der Waals surface area (Å²) in [7, 11) is 3.11. The van der Waals surface area contributed by atoms with Crippen LogP contribution in [0.4, 0.5) is 0 Å². The summed E-state index contributed by atoms with van der Waals surface area (Å²) in [5, 5.41) is 0.939. The number of benzene rings is 2. The van der Waals surface area contributed by atoms with Crippen LogP contribution < -0.4 is 9.47 Å². The van der Waals surface area contributed by atoms with Crippen molar-refractivity contribution >= 4 is 16.7 Å². The predicted molar refractivity (Wildman–Crippen MR) is 84.7 cm³/mol. The Morgan fingerprint density at radius 3 is 2.50 bits per heavy atom. The van der Waals surface area contributed by atoms with Crippen LogP contribution in [0, 0.1) is 0 Å². The molecule has 0 N–H and O–H groups in total. The summed E-state index contributed by atoms with van der Waals surface area (Å²) in [6.07, 6.45) is 1.69. The van der Waals surface area contributed by atoms with E-state index in [1.807, 2.05) is 24.3 Å². The molecule has 0 atom stereocenters. The fourth-order valence-corrected chi connectivity index (χ4v) is 2.42. The van der Waals surface area contributed by atoms with Crippen LogP contribution in [-0.4, -0.2) is 25.0 Å². The lowest BCUT2D eigenvalue weighted by molar-refractivity contribution is 0.103. The summed E-state index contributed by atoms with van der Waals surface area (Å²) in [5.41, 5.74) is 1.81. The smallest absolute Gasteiger partial charge is 0.195 e. The Morgan fingerprint density at radius 1 is 0.955 bits per heavy atom. The van der Waals surface area contributed by atoms with Crippen molar-refractivity contribution < 1.29 is 14.3 Å². The van der Waals surface area contributed by atoms with Crippen molar-refractivity contribution in [3.8, 4) is 11.5 Å². The van der Waals surface area contributed by atoms with E-state index in [1.165, 1.54) is 0 Å². The van der Waals surface area contributed by atoms with Gasteiger partial charge < -0.3 is 9.47 Å². The number of methoxy groups -OCH3 is 2. The molecule has 4 heteroatoms. The predicted octanol–water partition coefficient (Wildman–Crippen LogP) is 3.48. The van der Waals surface area contributed by atoms with Gasteiger partial charge in [-0.15, -0.1) is 0 Å². The van der Waals surface area contributed by atoms with Crippen molar-refractivity contribution in [2.75, 3.05) is 14.2 Å². The Balaban J connectivity index is 2.10. The topological polar surface area (TPSA) is 48.4 Å². The van der Waals surface area contributed by atoms with Crippen molar-refractivity contribution in [1.29, 1.82) is 0 Å². The molecule has 4 nitrogen and oxygen atoms in total. The molecule has 2 aromatic carbocycles. The third kappa shape index (κ3) is 2.39. The van der Waals surface area contributed by atoms with E-state index in [9.17, 15) is 4.79 Å². The summed E-state index contributed by atoms with van der Waals surface area (Å²) in [4.78, 5) is 17.1. The second-order valence-corrected chi connectivity index (χ2v) is 4.78. The Morgan fingerprint density at radius 2 is 1.73 bits per heavy atom. The third-order valence-corrected chi connectivity index (χ3v) is 3.52. The molecule has 0 spiro atoms. The number of hydrogen-bond donors (Lipinski definition) is 0. The summed E-state index contributed by atoms with van der Waals surface area (Å²) in [5.74, 6) is 1.03. The van der Waals surface area contributed by atoms with Gasteiger partial charge in [0.1, 0.15) is 0 Å². The summed E-state index contributed by atoms with van der Waals surface area (Å²) in [6, 6.07) is 14.5. The average Bonchev–Trinajstić information content (AvgIpc) is 2.60. The van der Waals surface area contributed by atoms with Gasteiger partial charge in [0.15, 0.2) is 17.3 Å². The molecule has 0 saturated carbocycles. The zero-order valence-corrected chi connectivity index (χ0v) is 12.4. The first-order valence-electron chi connectivity index (χ1n) is 6.85. The van der Waals surface area contributed by atoms with Crippen molar-refractivity contribution in [2.45, 2.75) is 0 Å². The van der Waals surface area contributed by atoms with Crippen LogP contribution in [-0.2, 0) is 0 Å². The van der Waals surface area contributed by atoms with Crippen LogP contribution in [0.15, 0.2) is 54.7 Å². The Kier molecular flexibility index (Phi) is 3.74. The summed E-state index contributed by atoms with van der Waals surface area (Å²) < 4.78 is 10.5. The van der Waals surface area contributed by atoms with Gasteiger partial charge in [-0.1, -0.05) is 18.2 Å². The molecule has 110 valence electrons. The number of aromatic nitrogens is 1. The molecule has 0 saturated heterocycles. The van der Waals surface area contributed by atoms with Gasteiger partial charge in [-0.05, 0) is 30.3 Å². The molecule has 1 aromatic heterocycles. The molecule has 0 aliphatic carbocycles. The highest BCUT2D eigenvalue weighted by atomic mass is 16.5. The fraction of sp³-hybridized carbons (Fsp3) is 0.111. The SMILES string of the molecule is COc1ccc(C(=O)c2cccc3cccnc23)cc1OC. The summed E-state index contributed by atoms with van der Waals surface area (Å²) >= 11 is 0. The molecule has 0 aliphatic rings. The molecule has 1 heterocycles. The Bertz CT molecular complexity index is 837. The van der Waals surface area contributed by atoms with Gasteiger partial charge in [-0.25, -0.2) is 0 Å². The second kappa shape index (κ2) is 5.85. The zero-order valence-electron chi connectivity index (χ0n) is 12.4. The highest BCUT2D eigenvalue weighted by molar-refractivity contribution is 6.15.